The number of aromatic amines is 1. The fourth-order valence-electron chi connectivity index (χ4n) is 3.71. The summed E-state index contributed by atoms with van der Waals surface area (Å²) in [6.07, 6.45) is 2.80. The third kappa shape index (κ3) is 4.21. The van der Waals surface area contributed by atoms with Crippen molar-refractivity contribution >= 4 is 17.8 Å². The largest absolute Gasteiger partial charge is 0.462 e. The molecule has 0 aromatic carbocycles. The summed E-state index contributed by atoms with van der Waals surface area (Å²) in [6, 6.07) is 1.74. The van der Waals surface area contributed by atoms with Crippen LogP contribution in [-0.4, -0.2) is 53.4 Å². The van der Waals surface area contributed by atoms with E-state index in [4.69, 9.17) is 9.15 Å². The van der Waals surface area contributed by atoms with Gasteiger partial charge < -0.3 is 24.4 Å². The topological polar surface area (TPSA) is 105 Å². The lowest BCUT2D eigenvalue weighted by Crippen LogP contribution is -2.46. The molecule has 8 nitrogen and oxygen atoms in total. The molecule has 3 heterocycles. The number of piperidine rings is 1. The Morgan fingerprint density at radius 3 is 2.52 bits per heavy atom. The van der Waals surface area contributed by atoms with Crippen LogP contribution in [0.25, 0.3) is 0 Å². The molecule has 29 heavy (non-hydrogen) atoms. The number of H-pyrrole nitrogens is 1. The number of rotatable bonds is 5. The lowest BCUT2D eigenvalue weighted by atomic mass is 10.0. The molecule has 1 aliphatic heterocycles. The van der Waals surface area contributed by atoms with Gasteiger partial charge in [0.1, 0.15) is 5.69 Å². The average Bonchev–Trinajstić information content (AvgIpc) is 3.24. The van der Waals surface area contributed by atoms with E-state index in [1.165, 1.54) is 6.26 Å². The number of ether oxygens (including phenoxy) is 1. The number of aryl methyl sites for hydroxylation is 2. The zero-order valence-corrected chi connectivity index (χ0v) is 17.3. The van der Waals surface area contributed by atoms with Crippen LogP contribution in [0.15, 0.2) is 16.7 Å². The highest BCUT2D eigenvalue weighted by Crippen LogP contribution is 2.22. The molecule has 0 radical (unpaired) electrons. The fraction of sp³-hybridized carbons (Fsp3) is 0.476. The molecule has 1 aliphatic rings. The predicted octanol–water partition coefficient (Wildman–Crippen LogP) is 2.74. The first kappa shape index (κ1) is 20.7. The lowest BCUT2D eigenvalue weighted by molar-refractivity contribution is 0.0524. The highest BCUT2D eigenvalue weighted by atomic mass is 16.5. The van der Waals surface area contributed by atoms with Crippen molar-refractivity contribution in [1.29, 1.82) is 0 Å². The second-order valence-corrected chi connectivity index (χ2v) is 7.32. The normalized spacial score (nSPS) is 14.7. The number of likely N-dealkylation sites (tertiary alicyclic amines) is 1. The number of carbonyl (C=O) groups is 3. The van der Waals surface area contributed by atoms with Crippen LogP contribution in [0, 0.1) is 20.8 Å². The monoisotopic (exact) mass is 401 g/mol. The van der Waals surface area contributed by atoms with Gasteiger partial charge in [-0.15, -0.1) is 0 Å². The van der Waals surface area contributed by atoms with E-state index in [2.05, 4.69) is 10.3 Å². The van der Waals surface area contributed by atoms with Gasteiger partial charge in [0.15, 0.2) is 5.76 Å². The third-order valence-electron chi connectivity index (χ3n) is 5.32. The molecule has 1 fully saturated rings. The maximum atomic E-state index is 13.0. The second kappa shape index (κ2) is 8.55. The zero-order valence-electron chi connectivity index (χ0n) is 17.3. The Hall–Kier alpha value is -3.03. The van der Waals surface area contributed by atoms with Crippen LogP contribution in [0.1, 0.15) is 68.0 Å². The highest BCUT2D eigenvalue weighted by Gasteiger charge is 2.29. The molecule has 2 amide bonds. The maximum Gasteiger partial charge on any atom is 0.340 e. The number of esters is 1. The van der Waals surface area contributed by atoms with Crippen LogP contribution in [0.2, 0.25) is 0 Å². The summed E-state index contributed by atoms with van der Waals surface area (Å²) in [5.41, 5.74) is 2.87. The Kier molecular flexibility index (Phi) is 6.10. The van der Waals surface area contributed by atoms with Crippen molar-refractivity contribution in [2.45, 2.75) is 46.6 Å². The van der Waals surface area contributed by atoms with Gasteiger partial charge in [-0.25, -0.2) is 4.79 Å². The van der Waals surface area contributed by atoms with Gasteiger partial charge >= 0.3 is 5.97 Å². The highest BCUT2D eigenvalue weighted by molar-refractivity contribution is 6.00. The summed E-state index contributed by atoms with van der Waals surface area (Å²) >= 11 is 0. The lowest BCUT2D eigenvalue weighted by Gasteiger charge is -2.32. The molecular weight excluding hydrogens is 374 g/mol. The van der Waals surface area contributed by atoms with Crippen molar-refractivity contribution < 1.29 is 23.5 Å². The molecule has 2 N–H and O–H groups in total. The Labute approximate surface area is 169 Å². The van der Waals surface area contributed by atoms with Crippen LogP contribution >= 0.6 is 0 Å². The number of furan rings is 1. The van der Waals surface area contributed by atoms with Gasteiger partial charge in [0, 0.05) is 30.4 Å². The summed E-state index contributed by atoms with van der Waals surface area (Å²) in [6.45, 7) is 8.40. The fourth-order valence-corrected chi connectivity index (χ4v) is 3.71. The van der Waals surface area contributed by atoms with Crippen LogP contribution in [-0.2, 0) is 4.74 Å². The molecule has 2 aromatic rings. The quantitative estimate of drug-likeness (QED) is 0.750. The van der Waals surface area contributed by atoms with Crippen LogP contribution in [0.5, 0.6) is 0 Å². The SMILES string of the molecule is CCOC(=O)c1c(C)[nH]c(C(=O)N2CCC(NC(=O)c3occc3C)CC2)c1C. The first-order valence-electron chi connectivity index (χ1n) is 9.84. The number of amides is 2. The molecular formula is C21H27N3O5. The van der Waals surface area contributed by atoms with Gasteiger partial charge in [-0.2, -0.15) is 0 Å². The third-order valence-corrected chi connectivity index (χ3v) is 5.32. The van der Waals surface area contributed by atoms with Crippen molar-refractivity contribution in [3.63, 3.8) is 0 Å². The average molecular weight is 401 g/mol. The molecule has 8 heteroatoms. The van der Waals surface area contributed by atoms with E-state index in [9.17, 15) is 14.4 Å². The van der Waals surface area contributed by atoms with Gasteiger partial charge in [-0.1, -0.05) is 0 Å². The first-order chi connectivity index (χ1) is 13.8. The molecule has 2 aromatic heterocycles. The van der Waals surface area contributed by atoms with Gasteiger partial charge in [0.05, 0.1) is 18.4 Å². The van der Waals surface area contributed by atoms with E-state index >= 15 is 0 Å². The van der Waals surface area contributed by atoms with E-state index in [0.717, 1.165) is 5.56 Å². The summed E-state index contributed by atoms with van der Waals surface area (Å²) in [5.74, 6) is -0.472. The molecule has 0 bridgehead atoms. The summed E-state index contributed by atoms with van der Waals surface area (Å²) in [5, 5.41) is 2.98. The molecule has 156 valence electrons. The van der Waals surface area contributed by atoms with E-state index < -0.39 is 5.97 Å². The number of nitrogens with zero attached hydrogens (tertiary/aromatic N) is 1. The molecule has 0 saturated carbocycles. The van der Waals surface area contributed by atoms with Gasteiger partial charge in [-0.05, 0) is 52.2 Å². The van der Waals surface area contributed by atoms with Crippen molar-refractivity contribution in [3.05, 3.63) is 46.2 Å². The van der Waals surface area contributed by atoms with Crippen LogP contribution < -0.4 is 5.32 Å². The minimum atomic E-state index is -0.424. The second-order valence-electron chi connectivity index (χ2n) is 7.32. The Morgan fingerprint density at radius 1 is 1.24 bits per heavy atom. The van der Waals surface area contributed by atoms with E-state index in [0.29, 0.717) is 54.2 Å². The zero-order chi connectivity index (χ0) is 21.1. The summed E-state index contributed by atoms with van der Waals surface area (Å²) in [7, 11) is 0. The number of carbonyl (C=O) groups excluding carboxylic acids is 3. The first-order valence-corrected chi connectivity index (χ1v) is 9.84. The van der Waals surface area contributed by atoms with Gasteiger partial charge in [0.25, 0.3) is 11.8 Å². The molecule has 0 unspecified atom stereocenters. The number of hydrogen-bond donors (Lipinski definition) is 2. The number of aromatic nitrogens is 1. The molecule has 3 rings (SSSR count). The minimum Gasteiger partial charge on any atom is -0.462 e. The number of nitrogens with one attached hydrogen (secondary N) is 2. The van der Waals surface area contributed by atoms with Crippen molar-refractivity contribution in [3.8, 4) is 0 Å². The van der Waals surface area contributed by atoms with Crippen LogP contribution in [0.3, 0.4) is 0 Å². The summed E-state index contributed by atoms with van der Waals surface area (Å²) < 4.78 is 10.3. The Morgan fingerprint density at radius 2 is 1.93 bits per heavy atom. The summed E-state index contributed by atoms with van der Waals surface area (Å²) in [4.78, 5) is 42.2. The Balaban J connectivity index is 1.62. The van der Waals surface area contributed by atoms with Gasteiger partial charge in [0.2, 0.25) is 0 Å². The molecule has 0 aliphatic carbocycles. The minimum absolute atomic E-state index is 0.0161. The standard InChI is InChI=1S/C21H27N3O5/c1-5-28-21(27)16-13(3)17(22-14(16)4)20(26)24-9-6-15(7-10-24)23-19(25)18-12(2)8-11-29-18/h8,11,15,22H,5-7,9-10H2,1-4H3,(H,23,25). The maximum absolute atomic E-state index is 13.0. The van der Waals surface area contributed by atoms with E-state index in [1.807, 2.05) is 6.92 Å². The molecule has 0 atom stereocenters. The number of hydrogen-bond acceptors (Lipinski definition) is 5. The van der Waals surface area contributed by atoms with Crippen molar-refractivity contribution in [1.82, 2.24) is 15.2 Å². The van der Waals surface area contributed by atoms with E-state index in [1.54, 1.807) is 31.7 Å². The van der Waals surface area contributed by atoms with Crippen LogP contribution in [0.4, 0.5) is 0 Å². The Bertz CT molecular complexity index is 919. The smallest absolute Gasteiger partial charge is 0.340 e. The van der Waals surface area contributed by atoms with Crippen molar-refractivity contribution in [2.24, 2.45) is 0 Å². The predicted molar refractivity (Wildman–Crippen MR) is 106 cm³/mol. The van der Waals surface area contributed by atoms with E-state index in [-0.39, 0.29) is 24.5 Å². The molecule has 0 spiro atoms. The van der Waals surface area contributed by atoms with Gasteiger partial charge in [-0.3, -0.25) is 9.59 Å². The van der Waals surface area contributed by atoms with Crippen molar-refractivity contribution in [2.75, 3.05) is 19.7 Å². The molecule has 1 saturated heterocycles.